The molecule has 2 heterocycles. The Labute approximate surface area is 170 Å². The molecule has 8 nitrogen and oxygen atoms in total. The molecule has 156 valence electrons. The lowest BCUT2D eigenvalue weighted by molar-refractivity contribution is -0.121. The topological polar surface area (TPSA) is 93.9 Å². The van der Waals surface area contributed by atoms with Crippen molar-refractivity contribution < 1.29 is 23.6 Å². The van der Waals surface area contributed by atoms with Crippen LogP contribution in [0.3, 0.4) is 0 Å². The number of piperidine rings is 1. The van der Waals surface area contributed by atoms with E-state index in [1.807, 2.05) is 12.1 Å². The van der Waals surface area contributed by atoms with Crippen molar-refractivity contribution >= 4 is 11.8 Å². The zero-order valence-corrected chi connectivity index (χ0v) is 16.8. The van der Waals surface area contributed by atoms with Gasteiger partial charge in [0.15, 0.2) is 5.69 Å². The van der Waals surface area contributed by atoms with E-state index in [-0.39, 0.29) is 11.8 Å². The Hall–Kier alpha value is -3.03. The number of carbonyl (C=O) groups excluding carboxylic acids is 2. The zero-order valence-electron chi connectivity index (χ0n) is 16.8. The van der Waals surface area contributed by atoms with Gasteiger partial charge in [-0.25, -0.2) is 0 Å². The minimum atomic E-state index is -0.112. The van der Waals surface area contributed by atoms with Crippen molar-refractivity contribution in [3.8, 4) is 11.5 Å². The molecule has 0 saturated carbocycles. The van der Waals surface area contributed by atoms with Gasteiger partial charge in [-0.2, -0.15) is 0 Å². The van der Waals surface area contributed by atoms with Crippen LogP contribution in [0.5, 0.6) is 11.5 Å². The predicted octanol–water partition coefficient (Wildman–Crippen LogP) is 2.64. The smallest absolute Gasteiger partial charge is 0.276 e. The summed E-state index contributed by atoms with van der Waals surface area (Å²) in [4.78, 5) is 26.5. The first-order chi connectivity index (χ1) is 14.1. The van der Waals surface area contributed by atoms with Crippen LogP contribution in [0.25, 0.3) is 0 Å². The molecule has 1 saturated heterocycles. The van der Waals surface area contributed by atoms with E-state index in [0.717, 1.165) is 24.8 Å². The number of ether oxygens (including phenoxy) is 2. The summed E-state index contributed by atoms with van der Waals surface area (Å²) in [5, 5.41) is 6.66. The summed E-state index contributed by atoms with van der Waals surface area (Å²) >= 11 is 0. The molecule has 2 amide bonds. The minimum Gasteiger partial charge on any atom is -0.497 e. The molecule has 0 radical (unpaired) electrons. The van der Waals surface area contributed by atoms with Crippen LogP contribution in [0.15, 0.2) is 35.1 Å². The van der Waals surface area contributed by atoms with Gasteiger partial charge in [-0.3, -0.25) is 9.59 Å². The molecule has 1 aromatic carbocycles. The largest absolute Gasteiger partial charge is 0.497 e. The quantitative estimate of drug-likeness (QED) is 0.731. The molecule has 1 aromatic heterocycles. The molecule has 1 N–H and O–H groups in total. The highest BCUT2D eigenvalue weighted by atomic mass is 16.5. The maximum atomic E-state index is 12.4. The third-order valence-corrected chi connectivity index (χ3v) is 5.21. The lowest BCUT2D eigenvalue weighted by Gasteiger charge is -2.32. The van der Waals surface area contributed by atoms with E-state index in [1.165, 1.54) is 6.26 Å². The molecular weight excluding hydrogens is 374 g/mol. The fraction of sp³-hybridized carbons (Fsp3) is 0.476. The van der Waals surface area contributed by atoms with Crippen LogP contribution < -0.4 is 14.8 Å². The summed E-state index contributed by atoms with van der Waals surface area (Å²) in [6.07, 6.45) is 4.52. The van der Waals surface area contributed by atoms with Crippen molar-refractivity contribution in [1.29, 1.82) is 0 Å². The van der Waals surface area contributed by atoms with Crippen LogP contribution in [-0.2, 0) is 11.3 Å². The fourth-order valence-electron chi connectivity index (χ4n) is 3.59. The van der Waals surface area contributed by atoms with Crippen LogP contribution in [-0.4, -0.2) is 49.2 Å². The molecule has 1 aliphatic rings. The molecule has 1 aliphatic heterocycles. The van der Waals surface area contributed by atoms with Crippen molar-refractivity contribution in [1.82, 2.24) is 15.4 Å². The Bertz CT molecular complexity index is 822. The molecule has 0 aliphatic carbocycles. The molecule has 0 bridgehead atoms. The molecule has 8 heteroatoms. The summed E-state index contributed by atoms with van der Waals surface area (Å²) in [6.45, 7) is 1.75. The average molecular weight is 401 g/mol. The summed E-state index contributed by atoms with van der Waals surface area (Å²) in [7, 11) is 3.19. The first-order valence-electron chi connectivity index (χ1n) is 9.78. The highest BCUT2D eigenvalue weighted by Gasteiger charge is 2.26. The number of amides is 2. The predicted molar refractivity (Wildman–Crippen MR) is 106 cm³/mol. The second-order valence-corrected chi connectivity index (χ2v) is 7.14. The van der Waals surface area contributed by atoms with Gasteiger partial charge in [0, 0.05) is 43.8 Å². The van der Waals surface area contributed by atoms with Crippen LogP contribution in [0.2, 0.25) is 0 Å². The van der Waals surface area contributed by atoms with Crippen molar-refractivity contribution in [2.24, 2.45) is 5.92 Å². The Morgan fingerprint density at radius 1 is 1.28 bits per heavy atom. The molecule has 2 aromatic rings. The minimum absolute atomic E-state index is 0.0113. The van der Waals surface area contributed by atoms with Crippen molar-refractivity contribution in [3.63, 3.8) is 0 Å². The molecular formula is C21H27N3O5. The van der Waals surface area contributed by atoms with E-state index in [2.05, 4.69) is 10.5 Å². The van der Waals surface area contributed by atoms with Gasteiger partial charge in [-0.15, -0.1) is 0 Å². The molecule has 0 unspecified atom stereocenters. The Balaban J connectivity index is 1.45. The number of benzene rings is 1. The Kier molecular flexibility index (Phi) is 7.10. The number of nitrogens with one attached hydrogen (secondary N) is 1. The third-order valence-electron chi connectivity index (χ3n) is 5.21. The van der Waals surface area contributed by atoms with Crippen LogP contribution in [0, 0.1) is 5.92 Å². The van der Waals surface area contributed by atoms with Crippen LogP contribution >= 0.6 is 0 Å². The number of likely N-dealkylation sites (tertiary alicyclic amines) is 1. The van der Waals surface area contributed by atoms with Gasteiger partial charge in [-0.1, -0.05) is 5.16 Å². The van der Waals surface area contributed by atoms with Crippen LogP contribution in [0.4, 0.5) is 0 Å². The number of rotatable bonds is 8. The maximum Gasteiger partial charge on any atom is 0.276 e. The van der Waals surface area contributed by atoms with E-state index < -0.39 is 0 Å². The van der Waals surface area contributed by atoms with E-state index in [0.29, 0.717) is 49.2 Å². The van der Waals surface area contributed by atoms with Crippen molar-refractivity contribution in [2.75, 3.05) is 27.3 Å². The van der Waals surface area contributed by atoms with Gasteiger partial charge < -0.3 is 24.2 Å². The highest BCUT2D eigenvalue weighted by molar-refractivity contribution is 5.92. The van der Waals surface area contributed by atoms with E-state index in [1.54, 1.807) is 31.3 Å². The second kappa shape index (κ2) is 9.95. The second-order valence-electron chi connectivity index (χ2n) is 7.14. The molecule has 1 fully saturated rings. The summed E-state index contributed by atoms with van der Waals surface area (Å²) in [5.74, 6) is 1.57. The Morgan fingerprint density at radius 2 is 2.14 bits per heavy atom. The maximum absolute atomic E-state index is 12.4. The molecule has 0 spiro atoms. The van der Waals surface area contributed by atoms with Crippen LogP contribution in [0.1, 0.15) is 41.7 Å². The van der Waals surface area contributed by atoms with Gasteiger partial charge in [0.05, 0.1) is 14.2 Å². The van der Waals surface area contributed by atoms with E-state index in [4.69, 9.17) is 14.0 Å². The SMILES string of the molecule is COc1ccc(CNC(=O)CC[C@H]2CCCN(C(=O)c3ccon3)C2)c(OC)c1. The number of nitrogens with zero attached hydrogens (tertiary/aromatic N) is 2. The fourth-order valence-corrected chi connectivity index (χ4v) is 3.59. The number of carbonyl (C=O) groups is 2. The first kappa shape index (κ1) is 20.7. The number of hydrogen-bond acceptors (Lipinski definition) is 6. The average Bonchev–Trinajstić information content (AvgIpc) is 3.30. The number of methoxy groups -OCH3 is 2. The Morgan fingerprint density at radius 3 is 2.86 bits per heavy atom. The third kappa shape index (κ3) is 5.49. The summed E-state index contributed by atoms with van der Waals surface area (Å²) in [6, 6.07) is 7.09. The van der Waals surface area contributed by atoms with Gasteiger partial charge in [0.1, 0.15) is 17.8 Å². The van der Waals surface area contributed by atoms with Gasteiger partial charge in [0.2, 0.25) is 5.91 Å². The van der Waals surface area contributed by atoms with Gasteiger partial charge in [0.25, 0.3) is 5.91 Å². The summed E-state index contributed by atoms with van der Waals surface area (Å²) < 4.78 is 15.3. The van der Waals surface area contributed by atoms with Crippen molar-refractivity contribution in [2.45, 2.75) is 32.2 Å². The van der Waals surface area contributed by atoms with Crippen molar-refractivity contribution in [3.05, 3.63) is 41.8 Å². The summed E-state index contributed by atoms with van der Waals surface area (Å²) in [5.41, 5.74) is 1.22. The molecule has 1 atom stereocenters. The first-order valence-corrected chi connectivity index (χ1v) is 9.78. The van der Waals surface area contributed by atoms with Gasteiger partial charge in [-0.05, 0) is 37.3 Å². The normalized spacial score (nSPS) is 16.3. The molecule has 3 rings (SSSR count). The molecule has 29 heavy (non-hydrogen) atoms. The lowest BCUT2D eigenvalue weighted by Crippen LogP contribution is -2.40. The number of aromatic nitrogens is 1. The van der Waals surface area contributed by atoms with E-state index in [9.17, 15) is 9.59 Å². The zero-order chi connectivity index (χ0) is 20.6. The van der Waals surface area contributed by atoms with Gasteiger partial charge >= 0.3 is 0 Å². The monoisotopic (exact) mass is 401 g/mol. The lowest BCUT2D eigenvalue weighted by atomic mass is 9.93. The highest BCUT2D eigenvalue weighted by Crippen LogP contribution is 2.25. The standard InChI is InChI=1S/C21H27N3O5/c1-27-17-7-6-16(19(12-17)28-2)13-22-20(25)8-5-15-4-3-10-24(14-15)21(26)18-9-11-29-23-18/h6-7,9,11-12,15H,3-5,8,10,13-14H2,1-2H3,(H,22,25)/t15-/m1/s1. The van der Waals surface area contributed by atoms with E-state index >= 15 is 0 Å². The number of hydrogen-bond donors (Lipinski definition) is 1.